The molecule has 0 fully saturated rings. The number of carbonyl (C=O) groups is 1. The number of anilines is 1. The van der Waals surface area contributed by atoms with Gasteiger partial charge in [0.1, 0.15) is 0 Å². The number of benzene rings is 1. The molecule has 0 amide bonds. The fraction of sp³-hybridized carbons (Fsp3) is 0.417. The van der Waals surface area contributed by atoms with Crippen molar-refractivity contribution in [1.82, 2.24) is 4.72 Å². The highest BCUT2D eigenvalue weighted by Gasteiger charge is 2.22. The Morgan fingerprint density at radius 2 is 2.10 bits per heavy atom. The molecule has 0 spiro atoms. The van der Waals surface area contributed by atoms with E-state index in [0.717, 1.165) is 12.1 Å². The van der Waals surface area contributed by atoms with Crippen molar-refractivity contribution in [2.45, 2.75) is 30.8 Å². The Labute approximate surface area is 117 Å². The van der Waals surface area contributed by atoms with E-state index in [1.165, 1.54) is 6.07 Å². The summed E-state index contributed by atoms with van der Waals surface area (Å²) in [4.78, 5) is 10.7. The van der Waals surface area contributed by atoms with Gasteiger partial charge >= 0.3 is 5.97 Å². The Hall–Kier alpha value is -1.64. The van der Waals surface area contributed by atoms with Gasteiger partial charge in [0.25, 0.3) is 0 Å². The molecule has 8 heteroatoms. The van der Waals surface area contributed by atoms with E-state index in [1.807, 2.05) is 0 Å². The van der Waals surface area contributed by atoms with Gasteiger partial charge in [-0.1, -0.05) is 0 Å². The van der Waals surface area contributed by atoms with Gasteiger partial charge in [0.2, 0.25) is 10.0 Å². The number of hydrogen-bond donors (Lipinski definition) is 4. The fourth-order valence-electron chi connectivity index (χ4n) is 1.62. The molecule has 0 aliphatic heterocycles. The highest BCUT2D eigenvalue weighted by Crippen LogP contribution is 2.19. The lowest BCUT2D eigenvalue weighted by molar-refractivity contribution is 0.0692. The first kappa shape index (κ1) is 16.4. The third-order valence-corrected chi connectivity index (χ3v) is 4.12. The maximum absolute atomic E-state index is 12.1. The van der Waals surface area contributed by atoms with Crippen LogP contribution in [0.4, 0.5) is 5.69 Å². The van der Waals surface area contributed by atoms with Gasteiger partial charge < -0.3 is 15.9 Å². The van der Waals surface area contributed by atoms with Gasteiger partial charge in [0, 0.05) is 12.2 Å². The Kier molecular flexibility index (Phi) is 5.49. The van der Waals surface area contributed by atoms with Crippen LogP contribution in [-0.2, 0) is 10.0 Å². The third-order valence-electron chi connectivity index (χ3n) is 2.62. The van der Waals surface area contributed by atoms with E-state index in [0.29, 0.717) is 12.8 Å². The maximum atomic E-state index is 12.1. The van der Waals surface area contributed by atoms with Crippen LogP contribution in [0.5, 0.6) is 0 Å². The molecule has 0 aromatic heterocycles. The number of carboxylic acids is 1. The van der Waals surface area contributed by atoms with Crippen LogP contribution >= 0.6 is 0 Å². The number of nitrogens with two attached hydrogens (primary N) is 1. The van der Waals surface area contributed by atoms with E-state index in [4.69, 9.17) is 15.9 Å². The second-order valence-corrected chi connectivity index (χ2v) is 6.19. The smallest absolute Gasteiger partial charge is 0.337 e. The molecular formula is C12H18N2O5S. The van der Waals surface area contributed by atoms with E-state index in [2.05, 4.69) is 4.72 Å². The summed E-state index contributed by atoms with van der Waals surface area (Å²) in [6, 6.07) is 3.60. The van der Waals surface area contributed by atoms with Crippen LogP contribution in [0.15, 0.2) is 23.1 Å². The molecular weight excluding hydrogens is 284 g/mol. The molecule has 1 aromatic rings. The van der Waals surface area contributed by atoms with Gasteiger partial charge in [-0.15, -0.1) is 0 Å². The quantitative estimate of drug-likeness (QED) is 0.426. The largest absolute Gasteiger partial charge is 0.478 e. The second kappa shape index (κ2) is 6.69. The van der Waals surface area contributed by atoms with Crippen LogP contribution in [-0.4, -0.2) is 37.2 Å². The van der Waals surface area contributed by atoms with Crippen molar-refractivity contribution in [3.8, 4) is 0 Å². The molecule has 1 unspecified atom stereocenters. The highest BCUT2D eigenvalue weighted by molar-refractivity contribution is 7.89. The molecule has 1 rings (SSSR count). The van der Waals surface area contributed by atoms with Crippen LogP contribution in [0.1, 0.15) is 30.1 Å². The van der Waals surface area contributed by atoms with Crippen LogP contribution < -0.4 is 10.5 Å². The van der Waals surface area contributed by atoms with Gasteiger partial charge in [-0.05, 0) is 38.0 Å². The first-order valence-corrected chi connectivity index (χ1v) is 7.53. The highest BCUT2D eigenvalue weighted by atomic mass is 32.2. The Morgan fingerprint density at radius 3 is 2.65 bits per heavy atom. The minimum absolute atomic E-state index is 0.112. The van der Waals surface area contributed by atoms with Crippen LogP contribution in [0.3, 0.4) is 0 Å². The van der Waals surface area contributed by atoms with E-state index in [1.54, 1.807) is 6.92 Å². The van der Waals surface area contributed by atoms with Crippen molar-refractivity contribution in [2.24, 2.45) is 0 Å². The second-order valence-electron chi connectivity index (χ2n) is 4.45. The van der Waals surface area contributed by atoms with Crippen molar-refractivity contribution in [2.75, 3.05) is 12.3 Å². The molecule has 20 heavy (non-hydrogen) atoms. The van der Waals surface area contributed by atoms with Gasteiger partial charge in [-0.25, -0.2) is 17.9 Å². The summed E-state index contributed by atoms with van der Waals surface area (Å²) >= 11 is 0. The van der Waals surface area contributed by atoms with Gasteiger partial charge in [-0.3, -0.25) is 0 Å². The zero-order valence-electron chi connectivity index (χ0n) is 11.0. The predicted octanol–water partition coefficient (Wildman–Crippen LogP) is 0.406. The molecule has 0 saturated carbocycles. The third kappa shape index (κ3) is 4.48. The van der Waals surface area contributed by atoms with Gasteiger partial charge in [-0.2, -0.15) is 0 Å². The van der Waals surface area contributed by atoms with E-state index in [-0.39, 0.29) is 22.7 Å². The Morgan fingerprint density at radius 1 is 1.45 bits per heavy atom. The number of carboxylic acid groups (broad SMARTS) is 1. The lowest BCUT2D eigenvalue weighted by Gasteiger charge is -2.10. The molecule has 1 aromatic carbocycles. The summed E-state index contributed by atoms with van der Waals surface area (Å²) in [5, 5.41) is 18.1. The first-order chi connectivity index (χ1) is 9.24. The minimum atomic E-state index is -3.95. The maximum Gasteiger partial charge on any atom is 0.337 e. The molecule has 112 valence electrons. The summed E-state index contributed by atoms with van der Waals surface area (Å²) in [5.41, 5.74) is 5.34. The number of aromatic carboxylic acids is 1. The molecule has 1 atom stereocenters. The van der Waals surface area contributed by atoms with E-state index in [9.17, 15) is 13.2 Å². The SMILES string of the molecule is CC(O)CCCNS(=O)(=O)c1cc(N)ccc1C(=O)O. The number of rotatable bonds is 7. The minimum Gasteiger partial charge on any atom is -0.478 e. The standard InChI is InChI=1S/C12H18N2O5S/c1-8(15)3-2-6-14-20(18,19)11-7-9(13)4-5-10(11)12(16)17/h4-5,7-8,14-15H,2-3,6,13H2,1H3,(H,16,17). The molecule has 5 N–H and O–H groups in total. The molecule has 7 nitrogen and oxygen atoms in total. The zero-order valence-corrected chi connectivity index (χ0v) is 11.9. The normalized spacial score (nSPS) is 13.1. The zero-order chi connectivity index (χ0) is 15.3. The van der Waals surface area contributed by atoms with Crippen LogP contribution in [0.2, 0.25) is 0 Å². The molecule has 0 heterocycles. The number of nitrogen functional groups attached to an aromatic ring is 1. The molecule has 0 aliphatic rings. The van der Waals surface area contributed by atoms with Crippen molar-refractivity contribution in [3.63, 3.8) is 0 Å². The first-order valence-electron chi connectivity index (χ1n) is 6.04. The molecule has 0 saturated heterocycles. The van der Waals surface area contributed by atoms with E-state index < -0.39 is 22.1 Å². The topological polar surface area (TPSA) is 130 Å². The van der Waals surface area contributed by atoms with Crippen molar-refractivity contribution in [1.29, 1.82) is 0 Å². The predicted molar refractivity (Wildman–Crippen MR) is 73.9 cm³/mol. The summed E-state index contributed by atoms with van der Waals surface area (Å²) in [5.74, 6) is -1.34. The van der Waals surface area contributed by atoms with Gasteiger partial charge in [0.15, 0.2) is 0 Å². The lowest BCUT2D eigenvalue weighted by atomic mass is 10.2. The van der Waals surface area contributed by atoms with Crippen LogP contribution in [0, 0.1) is 0 Å². The number of hydrogen-bond acceptors (Lipinski definition) is 5. The van der Waals surface area contributed by atoms with Crippen molar-refractivity contribution in [3.05, 3.63) is 23.8 Å². The Bertz CT molecular complexity index is 584. The summed E-state index contributed by atoms with van der Waals surface area (Å²) in [6.07, 6.45) is 0.383. The van der Waals surface area contributed by atoms with Crippen LogP contribution in [0.25, 0.3) is 0 Å². The number of sulfonamides is 1. The van der Waals surface area contributed by atoms with Crippen molar-refractivity contribution < 1.29 is 23.4 Å². The van der Waals surface area contributed by atoms with Gasteiger partial charge in [0.05, 0.1) is 16.6 Å². The lowest BCUT2D eigenvalue weighted by Crippen LogP contribution is -2.27. The molecule has 0 radical (unpaired) electrons. The monoisotopic (exact) mass is 302 g/mol. The summed E-state index contributed by atoms with van der Waals surface area (Å²) < 4.78 is 26.4. The fourth-order valence-corrected chi connectivity index (χ4v) is 2.92. The van der Waals surface area contributed by atoms with E-state index >= 15 is 0 Å². The van der Waals surface area contributed by atoms with Crippen molar-refractivity contribution >= 4 is 21.7 Å². The molecule has 0 bridgehead atoms. The average Bonchev–Trinajstić information content (AvgIpc) is 2.34. The number of nitrogens with one attached hydrogen (secondary N) is 1. The Balaban J connectivity index is 2.92. The number of aliphatic hydroxyl groups is 1. The molecule has 0 aliphatic carbocycles. The number of aliphatic hydroxyl groups excluding tert-OH is 1. The summed E-state index contributed by atoms with van der Waals surface area (Å²) in [6.45, 7) is 1.72. The average molecular weight is 302 g/mol. The summed E-state index contributed by atoms with van der Waals surface area (Å²) in [7, 11) is -3.95.